The fourth-order valence-electron chi connectivity index (χ4n) is 2.44. The summed E-state index contributed by atoms with van der Waals surface area (Å²) in [4.78, 5) is 22.7. The van der Waals surface area contributed by atoms with Gasteiger partial charge in [0.2, 0.25) is 5.91 Å². The van der Waals surface area contributed by atoms with Crippen LogP contribution in [-0.4, -0.2) is 29.6 Å². The summed E-state index contributed by atoms with van der Waals surface area (Å²) in [5.74, 6) is -1.14. The summed E-state index contributed by atoms with van der Waals surface area (Å²) in [7, 11) is 0. The number of carbonyl (C=O) groups is 2. The van der Waals surface area contributed by atoms with Crippen LogP contribution in [0.5, 0.6) is 0 Å². The number of nitrogens with two attached hydrogens (primary N) is 1. The first-order valence-electron chi connectivity index (χ1n) is 8.84. The van der Waals surface area contributed by atoms with Crippen molar-refractivity contribution in [2.24, 2.45) is 5.73 Å². The number of rotatable bonds is 15. The molecule has 0 aliphatic rings. The first kappa shape index (κ1) is 20.9. The third-order valence-electron chi connectivity index (χ3n) is 3.84. The molecule has 0 bridgehead atoms. The van der Waals surface area contributed by atoms with Crippen molar-refractivity contribution in [2.75, 3.05) is 6.54 Å². The van der Waals surface area contributed by atoms with Gasteiger partial charge < -0.3 is 16.2 Å². The highest BCUT2D eigenvalue weighted by molar-refractivity contribution is 5.83. The van der Waals surface area contributed by atoms with Crippen molar-refractivity contribution in [3.8, 4) is 0 Å². The minimum Gasteiger partial charge on any atom is -0.480 e. The van der Waals surface area contributed by atoms with Gasteiger partial charge in [-0.05, 0) is 25.8 Å². The lowest BCUT2D eigenvalue weighted by Crippen LogP contribution is -2.40. The molecule has 22 heavy (non-hydrogen) atoms. The molecule has 0 fully saturated rings. The largest absolute Gasteiger partial charge is 0.480 e. The molecule has 0 radical (unpaired) electrons. The fraction of sp³-hybridized carbons (Fsp3) is 0.882. The van der Waals surface area contributed by atoms with Gasteiger partial charge in [-0.25, -0.2) is 4.79 Å². The molecular formula is C17H34N2O3. The van der Waals surface area contributed by atoms with Crippen LogP contribution in [0.15, 0.2) is 0 Å². The Balaban J connectivity index is 3.57. The van der Waals surface area contributed by atoms with Crippen LogP contribution in [-0.2, 0) is 9.59 Å². The van der Waals surface area contributed by atoms with E-state index < -0.39 is 12.0 Å². The second-order valence-electron chi connectivity index (χ2n) is 5.97. The van der Waals surface area contributed by atoms with E-state index in [1.807, 2.05) is 0 Å². The zero-order valence-corrected chi connectivity index (χ0v) is 14.1. The zero-order chi connectivity index (χ0) is 16.6. The molecule has 0 rings (SSSR count). The van der Waals surface area contributed by atoms with Crippen LogP contribution < -0.4 is 11.1 Å². The van der Waals surface area contributed by atoms with Crippen LogP contribution in [0.3, 0.4) is 0 Å². The number of carboxylic acid groups (broad SMARTS) is 1. The van der Waals surface area contributed by atoms with Crippen LogP contribution in [0, 0.1) is 0 Å². The smallest absolute Gasteiger partial charge is 0.326 e. The predicted molar refractivity (Wildman–Crippen MR) is 89.7 cm³/mol. The maximum atomic E-state index is 11.7. The Morgan fingerprint density at radius 2 is 1.50 bits per heavy atom. The van der Waals surface area contributed by atoms with Gasteiger partial charge in [-0.15, -0.1) is 0 Å². The molecule has 0 aromatic rings. The van der Waals surface area contributed by atoms with Crippen molar-refractivity contribution in [1.29, 1.82) is 0 Å². The Bertz CT molecular complexity index is 296. The van der Waals surface area contributed by atoms with Crippen LogP contribution >= 0.6 is 0 Å². The summed E-state index contributed by atoms with van der Waals surface area (Å²) in [6.07, 6.45) is 12.2. The number of amides is 1. The second kappa shape index (κ2) is 14.8. The number of carbonyl (C=O) groups excluding carboxylic acids is 1. The van der Waals surface area contributed by atoms with Crippen LogP contribution in [0.4, 0.5) is 0 Å². The first-order chi connectivity index (χ1) is 10.6. The molecule has 5 nitrogen and oxygen atoms in total. The summed E-state index contributed by atoms with van der Waals surface area (Å²) in [5.41, 5.74) is 5.37. The van der Waals surface area contributed by atoms with E-state index in [2.05, 4.69) is 12.2 Å². The zero-order valence-electron chi connectivity index (χ0n) is 14.1. The van der Waals surface area contributed by atoms with Gasteiger partial charge in [0.1, 0.15) is 6.04 Å². The second-order valence-corrected chi connectivity index (χ2v) is 5.97. The highest BCUT2D eigenvalue weighted by Crippen LogP contribution is 2.10. The Morgan fingerprint density at radius 1 is 0.955 bits per heavy atom. The monoisotopic (exact) mass is 314 g/mol. The Morgan fingerprint density at radius 3 is 2.00 bits per heavy atom. The van der Waals surface area contributed by atoms with E-state index in [1.165, 1.54) is 38.5 Å². The van der Waals surface area contributed by atoms with Gasteiger partial charge in [-0.1, -0.05) is 58.3 Å². The van der Waals surface area contributed by atoms with Gasteiger partial charge >= 0.3 is 5.97 Å². The average Bonchev–Trinajstić information content (AvgIpc) is 2.49. The van der Waals surface area contributed by atoms with E-state index in [1.54, 1.807) is 0 Å². The molecule has 0 saturated carbocycles. The summed E-state index contributed by atoms with van der Waals surface area (Å²) < 4.78 is 0. The van der Waals surface area contributed by atoms with Gasteiger partial charge in [-0.3, -0.25) is 4.79 Å². The molecule has 0 aromatic carbocycles. The third kappa shape index (κ3) is 12.6. The lowest BCUT2D eigenvalue weighted by molar-refractivity contribution is -0.142. The number of hydrogen-bond acceptors (Lipinski definition) is 3. The molecule has 4 N–H and O–H groups in total. The lowest BCUT2D eigenvalue weighted by Gasteiger charge is -2.13. The molecule has 1 atom stereocenters. The number of carboxylic acids is 1. The molecular weight excluding hydrogens is 280 g/mol. The van der Waals surface area contributed by atoms with E-state index in [0.717, 1.165) is 19.3 Å². The third-order valence-corrected chi connectivity index (χ3v) is 3.84. The first-order valence-corrected chi connectivity index (χ1v) is 8.84. The van der Waals surface area contributed by atoms with E-state index in [-0.39, 0.29) is 5.91 Å². The highest BCUT2D eigenvalue weighted by atomic mass is 16.4. The van der Waals surface area contributed by atoms with Crippen molar-refractivity contribution in [1.82, 2.24) is 5.32 Å². The highest BCUT2D eigenvalue weighted by Gasteiger charge is 2.18. The standard InChI is InChI=1S/C17H34N2O3/c1-2-3-4-5-6-7-8-9-10-13-16(20)19-15(17(21)22)12-11-14-18/h15H,2-14,18H2,1H3,(H,19,20)(H,21,22)/t15-/m0/s1. The summed E-state index contributed by atoms with van der Waals surface area (Å²) in [6, 6.07) is -0.797. The van der Waals surface area contributed by atoms with Crippen molar-refractivity contribution >= 4 is 11.9 Å². The number of hydrogen-bond donors (Lipinski definition) is 3. The van der Waals surface area contributed by atoms with E-state index in [4.69, 9.17) is 10.8 Å². The molecule has 1 amide bonds. The SMILES string of the molecule is CCCCCCCCCCCC(=O)N[C@@H](CCCN)C(=O)O. The molecule has 0 saturated heterocycles. The van der Waals surface area contributed by atoms with Crippen molar-refractivity contribution in [3.63, 3.8) is 0 Å². The maximum Gasteiger partial charge on any atom is 0.326 e. The fourth-order valence-corrected chi connectivity index (χ4v) is 2.44. The number of nitrogens with one attached hydrogen (secondary N) is 1. The van der Waals surface area contributed by atoms with E-state index in [9.17, 15) is 9.59 Å². The normalized spacial score (nSPS) is 12.1. The quantitative estimate of drug-likeness (QED) is 0.405. The minimum atomic E-state index is -0.978. The molecule has 0 aliphatic carbocycles. The lowest BCUT2D eigenvalue weighted by atomic mass is 10.1. The molecule has 130 valence electrons. The van der Waals surface area contributed by atoms with Crippen LogP contribution in [0.1, 0.15) is 84.0 Å². The summed E-state index contributed by atoms with van der Waals surface area (Å²) in [5, 5.41) is 11.6. The van der Waals surface area contributed by atoms with Crippen molar-refractivity contribution < 1.29 is 14.7 Å². The molecule has 5 heteroatoms. The van der Waals surface area contributed by atoms with E-state index >= 15 is 0 Å². The Hall–Kier alpha value is -1.10. The van der Waals surface area contributed by atoms with Crippen LogP contribution in [0.25, 0.3) is 0 Å². The summed E-state index contributed by atoms with van der Waals surface area (Å²) in [6.45, 7) is 2.66. The number of unbranched alkanes of at least 4 members (excludes halogenated alkanes) is 8. The molecule has 0 spiro atoms. The Labute approximate surface area is 135 Å². The maximum absolute atomic E-state index is 11.7. The van der Waals surface area contributed by atoms with Crippen LogP contribution in [0.2, 0.25) is 0 Å². The average molecular weight is 314 g/mol. The predicted octanol–water partition coefficient (Wildman–Crippen LogP) is 3.22. The van der Waals surface area contributed by atoms with Crippen molar-refractivity contribution in [3.05, 3.63) is 0 Å². The summed E-state index contributed by atoms with van der Waals surface area (Å²) >= 11 is 0. The molecule has 0 unspecified atom stereocenters. The number of aliphatic carboxylic acids is 1. The topological polar surface area (TPSA) is 92.4 Å². The Kier molecular flexibility index (Phi) is 14.1. The van der Waals surface area contributed by atoms with Gasteiger partial charge in [-0.2, -0.15) is 0 Å². The van der Waals surface area contributed by atoms with Crippen molar-refractivity contribution in [2.45, 2.75) is 90.0 Å². The van der Waals surface area contributed by atoms with Gasteiger partial charge in [0.25, 0.3) is 0 Å². The molecule has 0 heterocycles. The van der Waals surface area contributed by atoms with E-state index in [0.29, 0.717) is 25.8 Å². The van der Waals surface area contributed by atoms with Gasteiger partial charge in [0.15, 0.2) is 0 Å². The van der Waals surface area contributed by atoms with Gasteiger partial charge in [0.05, 0.1) is 0 Å². The minimum absolute atomic E-state index is 0.160. The van der Waals surface area contributed by atoms with Gasteiger partial charge in [0, 0.05) is 6.42 Å². The molecule has 0 aromatic heterocycles. The molecule has 0 aliphatic heterocycles.